The van der Waals surface area contributed by atoms with Crippen LogP contribution >= 0.6 is 0 Å². The molecule has 0 radical (unpaired) electrons. The van der Waals surface area contributed by atoms with E-state index in [1.165, 1.54) is 16.7 Å². The first kappa shape index (κ1) is 24.5. The standard InChI is InChI=1S/C26H27F3N4O2/c1-3-6-18-15-17(10-11-21(18)30-2)16-23(34)32-13-5-7-19(12-14-32)33-24-20(26(27,28)29)8-4-9-22(24)31-25(33)35/h3-4,6,8-11,15,19H,2,5,7,12-14,16H2,1H3,(H,31,35)/b6-3-. The van der Waals surface area contributed by atoms with Crippen LogP contribution in [0.3, 0.4) is 0 Å². The molecule has 0 saturated carbocycles. The van der Waals surface area contributed by atoms with Gasteiger partial charge in [-0.1, -0.05) is 24.3 Å². The van der Waals surface area contributed by atoms with E-state index in [2.05, 4.69) is 16.7 Å². The number of carbonyl (C=O) groups excluding carboxylic acids is 1. The Kier molecular flexibility index (Phi) is 6.95. The van der Waals surface area contributed by atoms with E-state index in [4.69, 9.17) is 0 Å². The number of carbonyl (C=O) groups is 1. The van der Waals surface area contributed by atoms with Crippen LogP contribution in [0.25, 0.3) is 17.1 Å². The second-order valence-corrected chi connectivity index (χ2v) is 8.69. The molecular formula is C26H27F3N4O2. The molecule has 6 nitrogen and oxygen atoms in total. The summed E-state index contributed by atoms with van der Waals surface area (Å²) in [6, 6.07) is 8.91. The van der Waals surface area contributed by atoms with Crippen LogP contribution in [0.5, 0.6) is 0 Å². The quantitative estimate of drug-likeness (QED) is 0.485. The van der Waals surface area contributed by atoms with Crippen molar-refractivity contribution in [3.63, 3.8) is 0 Å². The molecular weight excluding hydrogens is 457 g/mol. The highest BCUT2D eigenvalue weighted by atomic mass is 19.4. The van der Waals surface area contributed by atoms with E-state index >= 15 is 0 Å². The third kappa shape index (κ3) is 5.08. The van der Waals surface area contributed by atoms with Crippen LogP contribution in [0.15, 0.2) is 52.3 Å². The molecule has 0 spiro atoms. The minimum absolute atomic E-state index is 0.0568. The second-order valence-electron chi connectivity index (χ2n) is 8.69. The molecule has 2 aromatic carbocycles. The molecule has 1 atom stereocenters. The van der Waals surface area contributed by atoms with Gasteiger partial charge in [-0.2, -0.15) is 13.2 Å². The van der Waals surface area contributed by atoms with Crippen molar-refractivity contribution in [3.8, 4) is 0 Å². The van der Waals surface area contributed by atoms with Gasteiger partial charge in [-0.05, 0) is 62.7 Å². The zero-order chi connectivity index (χ0) is 25.2. The SMILES string of the molecule is C=Nc1ccc(CC(=O)N2CCCC(n3c(=O)[nH]c4cccc(C(F)(F)F)c43)CC2)cc1/C=C\C. The molecule has 1 N–H and O–H groups in total. The number of alkyl halides is 3. The number of H-pyrrole nitrogens is 1. The number of rotatable bonds is 5. The molecule has 9 heteroatoms. The monoisotopic (exact) mass is 484 g/mol. The molecule has 1 fully saturated rings. The first-order valence-electron chi connectivity index (χ1n) is 11.5. The summed E-state index contributed by atoms with van der Waals surface area (Å²) in [4.78, 5) is 34.0. The first-order chi connectivity index (χ1) is 16.7. The topological polar surface area (TPSA) is 70.5 Å². The largest absolute Gasteiger partial charge is 0.418 e. The van der Waals surface area contributed by atoms with Gasteiger partial charge in [-0.15, -0.1) is 0 Å². The summed E-state index contributed by atoms with van der Waals surface area (Å²) in [7, 11) is 0. The fourth-order valence-electron chi connectivity index (χ4n) is 4.80. The molecule has 1 unspecified atom stereocenters. The number of para-hydroxylation sites is 1. The van der Waals surface area contributed by atoms with E-state index in [0.29, 0.717) is 32.4 Å². The van der Waals surface area contributed by atoms with Crippen LogP contribution in [0.2, 0.25) is 0 Å². The lowest BCUT2D eigenvalue weighted by Crippen LogP contribution is -2.33. The Bertz CT molecular complexity index is 1340. The van der Waals surface area contributed by atoms with Gasteiger partial charge in [0, 0.05) is 24.7 Å². The van der Waals surface area contributed by atoms with Crippen molar-refractivity contribution >= 4 is 35.4 Å². The van der Waals surface area contributed by atoms with Crippen LogP contribution < -0.4 is 5.69 Å². The predicted molar refractivity (Wildman–Crippen MR) is 131 cm³/mol. The van der Waals surface area contributed by atoms with Crippen molar-refractivity contribution in [1.29, 1.82) is 0 Å². The molecule has 3 aromatic rings. The molecule has 1 saturated heterocycles. The lowest BCUT2D eigenvalue weighted by atomic mass is 10.0. The number of aromatic amines is 1. The zero-order valence-electron chi connectivity index (χ0n) is 19.4. The number of hydrogen-bond donors (Lipinski definition) is 1. The summed E-state index contributed by atoms with van der Waals surface area (Å²) < 4.78 is 42.2. The smallest absolute Gasteiger partial charge is 0.342 e. The van der Waals surface area contributed by atoms with Crippen LogP contribution in [-0.4, -0.2) is 40.2 Å². The lowest BCUT2D eigenvalue weighted by molar-refractivity contribution is -0.136. The van der Waals surface area contributed by atoms with E-state index < -0.39 is 23.5 Å². The molecule has 1 aliphatic rings. The Hall–Kier alpha value is -3.62. The Balaban J connectivity index is 1.54. The summed E-state index contributed by atoms with van der Waals surface area (Å²) in [5.41, 5.74) is 1.11. The minimum Gasteiger partial charge on any atom is -0.342 e. The maximum absolute atomic E-state index is 13.7. The highest BCUT2D eigenvalue weighted by Gasteiger charge is 2.35. The summed E-state index contributed by atoms with van der Waals surface area (Å²) in [6.45, 7) is 6.33. The third-order valence-electron chi connectivity index (χ3n) is 6.42. The molecule has 4 rings (SSSR count). The summed E-state index contributed by atoms with van der Waals surface area (Å²) >= 11 is 0. The number of allylic oxidation sites excluding steroid dienone is 1. The summed E-state index contributed by atoms with van der Waals surface area (Å²) in [5.74, 6) is -0.0568. The van der Waals surface area contributed by atoms with E-state index in [1.54, 1.807) is 4.90 Å². The zero-order valence-corrected chi connectivity index (χ0v) is 19.4. The van der Waals surface area contributed by atoms with Gasteiger partial charge in [0.25, 0.3) is 0 Å². The van der Waals surface area contributed by atoms with Crippen molar-refractivity contribution < 1.29 is 18.0 Å². The molecule has 2 heterocycles. The van der Waals surface area contributed by atoms with E-state index in [0.717, 1.165) is 22.9 Å². The highest BCUT2D eigenvalue weighted by Crippen LogP contribution is 2.36. The maximum atomic E-state index is 13.7. The Morgan fingerprint density at radius 2 is 2.03 bits per heavy atom. The van der Waals surface area contributed by atoms with Crippen molar-refractivity contribution in [2.24, 2.45) is 4.99 Å². The molecule has 0 aliphatic carbocycles. The molecule has 184 valence electrons. The second kappa shape index (κ2) is 9.93. The normalized spacial score (nSPS) is 17.1. The van der Waals surface area contributed by atoms with Gasteiger partial charge in [0.1, 0.15) is 0 Å². The van der Waals surface area contributed by atoms with Crippen LogP contribution in [0.4, 0.5) is 18.9 Å². The number of nitrogens with one attached hydrogen (secondary N) is 1. The fraction of sp³-hybridized carbons (Fsp3) is 0.346. The maximum Gasteiger partial charge on any atom is 0.418 e. The van der Waals surface area contributed by atoms with Crippen molar-refractivity contribution in [1.82, 2.24) is 14.5 Å². The Labute approximate surface area is 200 Å². The van der Waals surface area contributed by atoms with Gasteiger partial charge in [0.15, 0.2) is 0 Å². The molecule has 1 amide bonds. The average molecular weight is 485 g/mol. The van der Waals surface area contributed by atoms with Crippen LogP contribution in [0.1, 0.15) is 48.9 Å². The summed E-state index contributed by atoms with van der Waals surface area (Å²) in [5, 5.41) is 0. The highest BCUT2D eigenvalue weighted by molar-refractivity contribution is 5.80. The van der Waals surface area contributed by atoms with Gasteiger partial charge in [-0.3, -0.25) is 14.4 Å². The van der Waals surface area contributed by atoms with E-state index in [-0.39, 0.29) is 23.4 Å². The number of benzene rings is 2. The fourth-order valence-corrected chi connectivity index (χ4v) is 4.80. The van der Waals surface area contributed by atoms with Gasteiger partial charge in [-0.25, -0.2) is 4.79 Å². The number of halogens is 3. The van der Waals surface area contributed by atoms with Gasteiger partial charge in [0.05, 0.1) is 28.7 Å². The first-order valence-corrected chi connectivity index (χ1v) is 11.5. The molecule has 0 bridgehead atoms. The van der Waals surface area contributed by atoms with E-state index in [1.807, 2.05) is 37.3 Å². The number of hydrogen-bond acceptors (Lipinski definition) is 3. The number of aliphatic imine (C=N–C) groups is 1. The minimum atomic E-state index is -4.58. The number of amides is 1. The van der Waals surface area contributed by atoms with Gasteiger partial charge >= 0.3 is 11.9 Å². The number of aromatic nitrogens is 2. The number of fused-ring (bicyclic) bond motifs is 1. The van der Waals surface area contributed by atoms with Crippen molar-refractivity contribution in [2.75, 3.05) is 13.1 Å². The Morgan fingerprint density at radius 3 is 2.74 bits per heavy atom. The van der Waals surface area contributed by atoms with Gasteiger partial charge < -0.3 is 9.88 Å². The Morgan fingerprint density at radius 1 is 1.23 bits per heavy atom. The lowest BCUT2D eigenvalue weighted by Gasteiger charge is -2.21. The van der Waals surface area contributed by atoms with Gasteiger partial charge in [0.2, 0.25) is 5.91 Å². The molecule has 1 aromatic heterocycles. The van der Waals surface area contributed by atoms with Crippen molar-refractivity contribution in [2.45, 2.75) is 44.8 Å². The molecule has 35 heavy (non-hydrogen) atoms. The van der Waals surface area contributed by atoms with Crippen molar-refractivity contribution in [3.05, 3.63) is 69.6 Å². The summed E-state index contributed by atoms with van der Waals surface area (Å²) in [6.07, 6.45) is 0.918. The van der Waals surface area contributed by atoms with E-state index in [9.17, 15) is 22.8 Å². The van der Waals surface area contributed by atoms with Crippen LogP contribution in [0, 0.1) is 0 Å². The average Bonchev–Trinajstić information content (AvgIpc) is 2.98. The number of imidazole rings is 1. The number of likely N-dealkylation sites (tertiary alicyclic amines) is 1. The van der Waals surface area contributed by atoms with Crippen LogP contribution in [-0.2, 0) is 17.4 Å². The predicted octanol–water partition coefficient (Wildman–Crippen LogP) is 5.51. The molecule has 1 aliphatic heterocycles. The number of nitrogens with zero attached hydrogens (tertiary/aromatic N) is 3. The third-order valence-corrected chi connectivity index (χ3v) is 6.42.